The van der Waals surface area contributed by atoms with Crippen molar-refractivity contribution >= 4 is 23.5 Å². The van der Waals surface area contributed by atoms with Crippen LogP contribution in [0.15, 0.2) is 60.7 Å². The highest BCUT2D eigenvalue weighted by Crippen LogP contribution is 2.34. The first kappa shape index (κ1) is 21.1. The monoisotopic (exact) mass is 404 g/mol. The second-order valence-electron chi connectivity index (χ2n) is 6.84. The van der Waals surface area contributed by atoms with Crippen molar-refractivity contribution in [1.82, 2.24) is 10.3 Å². The van der Waals surface area contributed by atoms with E-state index in [4.69, 9.17) is 4.79 Å². The Morgan fingerprint density at radius 3 is 2.53 bits per heavy atom. The number of rotatable bonds is 5. The summed E-state index contributed by atoms with van der Waals surface area (Å²) in [4.78, 5) is 24.4. The highest BCUT2D eigenvalue weighted by molar-refractivity contribution is 5.71. The number of hydrogen-bond acceptors (Lipinski definition) is 6. The van der Waals surface area contributed by atoms with Gasteiger partial charge >= 0.3 is 5.69 Å². The molecular formula is C23H24N4O3. The number of carbonyl (C=O) groups excluding carboxylic acids is 1. The summed E-state index contributed by atoms with van der Waals surface area (Å²) in [6.07, 6.45) is 2.81. The number of fused-ring (bicyclic) bond motifs is 1. The van der Waals surface area contributed by atoms with Crippen molar-refractivity contribution in [2.75, 3.05) is 12.4 Å². The summed E-state index contributed by atoms with van der Waals surface area (Å²) in [6.45, 7) is 1.44. The van der Waals surface area contributed by atoms with E-state index in [0.29, 0.717) is 11.7 Å². The number of nitro groups is 1. The fraction of sp³-hybridized carbons (Fsp3) is 0.217. The molecule has 0 saturated carbocycles. The number of aldehydes is 1. The molecule has 1 heterocycles. The third-order valence-electron chi connectivity index (χ3n) is 4.97. The summed E-state index contributed by atoms with van der Waals surface area (Å²) in [5.41, 5.74) is 4.95. The number of carbonyl (C=O) groups is 1. The SMILES string of the molecule is CC=O.CNC1CCc2cc(Nc3nc(-c4ccccc4)ccc3[N+](=O)[O-])ccc21. The van der Waals surface area contributed by atoms with E-state index < -0.39 is 4.92 Å². The number of anilines is 2. The summed E-state index contributed by atoms with van der Waals surface area (Å²) in [7, 11) is 1.97. The van der Waals surface area contributed by atoms with Crippen LogP contribution < -0.4 is 10.6 Å². The Hall–Kier alpha value is -3.58. The minimum absolute atomic E-state index is 0.0386. The number of pyridine rings is 1. The molecule has 0 spiro atoms. The van der Waals surface area contributed by atoms with Crippen molar-refractivity contribution in [3.63, 3.8) is 0 Å². The molecule has 0 amide bonds. The zero-order chi connectivity index (χ0) is 21.5. The fourth-order valence-electron chi connectivity index (χ4n) is 3.59. The molecule has 2 aromatic carbocycles. The van der Waals surface area contributed by atoms with E-state index in [1.807, 2.05) is 43.4 Å². The van der Waals surface area contributed by atoms with Crippen molar-refractivity contribution in [3.8, 4) is 11.3 Å². The van der Waals surface area contributed by atoms with Crippen LogP contribution in [0, 0.1) is 10.1 Å². The molecule has 4 rings (SSSR count). The first-order valence-corrected chi connectivity index (χ1v) is 9.75. The molecule has 1 aliphatic carbocycles. The van der Waals surface area contributed by atoms with Crippen LogP contribution in [0.25, 0.3) is 11.3 Å². The van der Waals surface area contributed by atoms with Gasteiger partial charge in [0.25, 0.3) is 0 Å². The Labute approximate surface area is 175 Å². The summed E-state index contributed by atoms with van der Waals surface area (Å²) in [6, 6.07) is 19.3. The average Bonchev–Trinajstić information content (AvgIpc) is 3.17. The molecule has 0 fully saturated rings. The van der Waals surface area contributed by atoms with E-state index in [9.17, 15) is 10.1 Å². The molecule has 1 atom stereocenters. The number of benzene rings is 2. The second-order valence-corrected chi connectivity index (χ2v) is 6.84. The van der Waals surface area contributed by atoms with Crippen LogP contribution >= 0.6 is 0 Å². The van der Waals surface area contributed by atoms with Gasteiger partial charge in [-0.05, 0) is 56.1 Å². The molecule has 0 aliphatic heterocycles. The number of aromatic nitrogens is 1. The number of nitrogens with one attached hydrogen (secondary N) is 2. The molecule has 30 heavy (non-hydrogen) atoms. The van der Waals surface area contributed by atoms with Gasteiger partial charge in [0.05, 0.1) is 10.6 Å². The third kappa shape index (κ3) is 4.69. The van der Waals surface area contributed by atoms with Gasteiger partial charge in [0.1, 0.15) is 6.29 Å². The van der Waals surface area contributed by atoms with Gasteiger partial charge in [-0.2, -0.15) is 0 Å². The summed E-state index contributed by atoms with van der Waals surface area (Å²) >= 11 is 0. The third-order valence-corrected chi connectivity index (χ3v) is 4.97. The van der Waals surface area contributed by atoms with Crippen molar-refractivity contribution in [1.29, 1.82) is 0 Å². The van der Waals surface area contributed by atoms with Gasteiger partial charge in [-0.1, -0.05) is 36.4 Å². The van der Waals surface area contributed by atoms with E-state index in [1.54, 1.807) is 6.07 Å². The Kier molecular flexibility index (Phi) is 6.87. The topological polar surface area (TPSA) is 97.2 Å². The molecule has 0 radical (unpaired) electrons. The van der Waals surface area contributed by atoms with E-state index in [-0.39, 0.29) is 11.5 Å². The van der Waals surface area contributed by atoms with Gasteiger partial charge in [0, 0.05) is 23.4 Å². The van der Waals surface area contributed by atoms with Crippen LogP contribution in [0.4, 0.5) is 17.2 Å². The molecule has 0 bridgehead atoms. The van der Waals surface area contributed by atoms with Crippen LogP contribution in [0.1, 0.15) is 30.5 Å². The van der Waals surface area contributed by atoms with Crippen LogP contribution in [-0.2, 0) is 11.2 Å². The maximum absolute atomic E-state index is 11.4. The molecule has 1 unspecified atom stereocenters. The number of nitrogens with zero attached hydrogens (tertiary/aromatic N) is 2. The molecular weight excluding hydrogens is 380 g/mol. The Balaban J connectivity index is 0.000000806. The van der Waals surface area contributed by atoms with Gasteiger partial charge in [0.15, 0.2) is 0 Å². The van der Waals surface area contributed by atoms with E-state index in [1.165, 1.54) is 24.1 Å². The lowest BCUT2D eigenvalue weighted by Gasteiger charge is -2.12. The van der Waals surface area contributed by atoms with Crippen LogP contribution in [0.3, 0.4) is 0 Å². The molecule has 3 aromatic rings. The highest BCUT2D eigenvalue weighted by Gasteiger charge is 2.22. The molecule has 1 aromatic heterocycles. The molecule has 2 N–H and O–H groups in total. The molecule has 1 aliphatic rings. The minimum atomic E-state index is -0.408. The molecule has 7 nitrogen and oxygen atoms in total. The largest absolute Gasteiger partial charge is 0.334 e. The zero-order valence-electron chi connectivity index (χ0n) is 17.0. The predicted molar refractivity (Wildman–Crippen MR) is 118 cm³/mol. The fourth-order valence-corrected chi connectivity index (χ4v) is 3.59. The summed E-state index contributed by atoms with van der Waals surface area (Å²) < 4.78 is 0. The lowest BCUT2D eigenvalue weighted by molar-refractivity contribution is -0.384. The van der Waals surface area contributed by atoms with E-state index in [0.717, 1.165) is 30.4 Å². The van der Waals surface area contributed by atoms with Crippen LogP contribution in [-0.4, -0.2) is 23.2 Å². The Morgan fingerprint density at radius 2 is 1.87 bits per heavy atom. The smallest absolute Gasteiger partial charge is 0.311 e. The van der Waals surface area contributed by atoms with Gasteiger partial charge in [0.2, 0.25) is 5.82 Å². The molecule has 154 valence electrons. The van der Waals surface area contributed by atoms with Crippen molar-refractivity contribution < 1.29 is 9.72 Å². The predicted octanol–water partition coefficient (Wildman–Crippen LogP) is 4.81. The maximum Gasteiger partial charge on any atom is 0.311 e. The first-order chi connectivity index (χ1) is 14.6. The quantitative estimate of drug-likeness (QED) is 0.360. The standard InChI is InChI=1S/C21H20N4O2.C2H4O/c1-22-19-10-7-15-13-16(8-9-17(15)19)23-21-20(25(26)27)12-11-18(24-21)14-5-3-2-4-6-14;1-2-3/h2-6,8-9,11-13,19,22H,7,10H2,1H3,(H,23,24);2H,1H3. The lowest BCUT2D eigenvalue weighted by atomic mass is 10.1. The summed E-state index contributed by atoms with van der Waals surface area (Å²) in [5.74, 6) is 0.254. The Bertz CT molecular complexity index is 1040. The Morgan fingerprint density at radius 1 is 1.13 bits per heavy atom. The molecule has 0 saturated heterocycles. The van der Waals surface area contributed by atoms with Gasteiger partial charge in [-0.15, -0.1) is 0 Å². The van der Waals surface area contributed by atoms with Crippen LogP contribution in [0.2, 0.25) is 0 Å². The lowest BCUT2D eigenvalue weighted by Crippen LogP contribution is -2.12. The van der Waals surface area contributed by atoms with E-state index in [2.05, 4.69) is 27.8 Å². The highest BCUT2D eigenvalue weighted by atomic mass is 16.6. The van der Waals surface area contributed by atoms with Crippen molar-refractivity contribution in [2.24, 2.45) is 0 Å². The van der Waals surface area contributed by atoms with Crippen LogP contribution in [0.5, 0.6) is 0 Å². The second kappa shape index (κ2) is 9.76. The molecule has 7 heteroatoms. The average molecular weight is 404 g/mol. The van der Waals surface area contributed by atoms with Crippen molar-refractivity contribution in [2.45, 2.75) is 25.8 Å². The van der Waals surface area contributed by atoms with Crippen molar-refractivity contribution in [3.05, 3.63) is 81.9 Å². The first-order valence-electron chi connectivity index (χ1n) is 9.75. The van der Waals surface area contributed by atoms with Gasteiger partial charge in [-0.25, -0.2) is 4.98 Å². The number of aryl methyl sites for hydroxylation is 1. The zero-order valence-corrected chi connectivity index (χ0v) is 17.0. The van der Waals surface area contributed by atoms with Gasteiger partial charge in [-0.3, -0.25) is 10.1 Å². The summed E-state index contributed by atoms with van der Waals surface area (Å²) in [5, 5.41) is 17.9. The maximum atomic E-state index is 11.4. The van der Waals surface area contributed by atoms with Gasteiger partial charge < -0.3 is 15.4 Å². The minimum Gasteiger partial charge on any atom is -0.334 e. The van der Waals surface area contributed by atoms with E-state index >= 15 is 0 Å². The normalized spacial score (nSPS) is 14.3. The number of hydrogen-bond donors (Lipinski definition) is 2.